The van der Waals surface area contributed by atoms with E-state index in [1.807, 2.05) is 60.7 Å². The van der Waals surface area contributed by atoms with Gasteiger partial charge in [-0.05, 0) is 10.4 Å². The molecular weight excluding hydrogens is 638 g/mol. The third-order valence-electron chi connectivity index (χ3n) is 6.75. The molecule has 0 N–H and O–H groups in total. The molecule has 2 unspecified atom stereocenters. The normalized spacial score (nSPS) is 19.4. The van der Waals surface area contributed by atoms with Crippen LogP contribution in [-0.4, -0.2) is 6.69 Å². The SMILES string of the molecule is CC1=[C-]C(C)C(C)=C1C.CC1=[C-]C(C)C(C)=C1C.Cl[Si](Cl)(c1ccccc1)c1ccccc1.[Hf]. The Kier molecular flexibility index (Phi) is 12.8. The maximum Gasteiger partial charge on any atom is 0.310 e. The van der Waals surface area contributed by atoms with Gasteiger partial charge in [0.25, 0.3) is 0 Å². The molecule has 0 radical (unpaired) electrons. The molecule has 2 aliphatic rings. The molecule has 0 bridgehead atoms. The summed E-state index contributed by atoms with van der Waals surface area (Å²) in [7, 11) is 0. The first kappa shape index (κ1) is 31.1. The standard InChI is InChI=1S/C12H10Cl2Si.2C9H13.Hf/c13-15(14,11-7-3-1-4-8-11)12-9-5-2-6-10-12;2*1-6-5-7(2)9(4)8(6)3;/h1-10H;2*6H,1-4H3;/q;2*-1;. The summed E-state index contributed by atoms with van der Waals surface area (Å²) >= 11 is 13.0. The Morgan fingerprint density at radius 3 is 1.06 bits per heavy atom. The number of allylic oxidation sites excluding steroid dienone is 8. The van der Waals surface area contributed by atoms with Gasteiger partial charge in [-0.2, -0.15) is 22.3 Å². The van der Waals surface area contributed by atoms with Gasteiger partial charge in [-0.1, -0.05) is 114 Å². The molecule has 4 rings (SSSR count). The molecule has 2 aliphatic carbocycles. The topological polar surface area (TPSA) is 0 Å². The van der Waals surface area contributed by atoms with Crippen molar-refractivity contribution in [3.05, 3.63) is 106 Å². The second-order valence-electron chi connectivity index (χ2n) is 8.90. The van der Waals surface area contributed by atoms with Crippen molar-refractivity contribution in [1.82, 2.24) is 0 Å². The maximum absolute atomic E-state index is 6.49. The van der Waals surface area contributed by atoms with Crippen LogP contribution in [0.4, 0.5) is 0 Å². The van der Waals surface area contributed by atoms with E-state index >= 15 is 0 Å². The maximum atomic E-state index is 6.49. The van der Waals surface area contributed by atoms with E-state index in [-0.39, 0.29) is 25.8 Å². The fourth-order valence-corrected chi connectivity index (χ4v) is 6.85. The summed E-state index contributed by atoms with van der Waals surface area (Å²) in [5.41, 5.74) is 8.49. The largest absolute Gasteiger partial charge is 0.310 e. The van der Waals surface area contributed by atoms with Gasteiger partial charge in [-0.25, -0.2) is 11.1 Å². The molecule has 2 aromatic carbocycles. The monoisotopic (exact) mass is 674 g/mol. The smallest absolute Gasteiger partial charge is 0.266 e. The Morgan fingerprint density at radius 2 is 0.882 bits per heavy atom. The fourth-order valence-electron chi connectivity index (χ4n) is 3.79. The van der Waals surface area contributed by atoms with Gasteiger partial charge in [0, 0.05) is 25.8 Å². The average molecular weight is 674 g/mol. The number of rotatable bonds is 2. The first-order chi connectivity index (χ1) is 15.5. The number of benzene rings is 2. The van der Waals surface area contributed by atoms with Crippen LogP contribution in [0.5, 0.6) is 0 Å². The summed E-state index contributed by atoms with van der Waals surface area (Å²) < 4.78 is 0. The molecule has 0 saturated heterocycles. The third-order valence-corrected chi connectivity index (χ3v) is 11.5. The van der Waals surface area contributed by atoms with Crippen molar-refractivity contribution in [3.8, 4) is 0 Å². The number of hydrogen-bond donors (Lipinski definition) is 0. The van der Waals surface area contributed by atoms with Crippen LogP contribution in [0.3, 0.4) is 0 Å². The average Bonchev–Trinajstić information content (AvgIpc) is 3.18. The minimum Gasteiger partial charge on any atom is -0.266 e. The van der Waals surface area contributed by atoms with Crippen molar-refractivity contribution in [2.24, 2.45) is 11.8 Å². The van der Waals surface area contributed by atoms with Gasteiger partial charge >= 0.3 is 6.69 Å². The Morgan fingerprint density at radius 1 is 0.588 bits per heavy atom. The summed E-state index contributed by atoms with van der Waals surface area (Å²) in [6.45, 7) is 14.8. The van der Waals surface area contributed by atoms with Crippen molar-refractivity contribution in [1.29, 1.82) is 0 Å². The summed E-state index contributed by atoms with van der Waals surface area (Å²) in [5, 5.41) is 2.05. The third kappa shape index (κ3) is 8.05. The molecule has 180 valence electrons. The number of halogens is 2. The first-order valence-corrected chi connectivity index (χ1v) is 15.5. The van der Waals surface area contributed by atoms with Crippen LogP contribution in [0.2, 0.25) is 0 Å². The zero-order chi connectivity index (χ0) is 24.8. The molecule has 0 saturated carbocycles. The molecule has 0 amide bonds. The second kappa shape index (κ2) is 14.0. The molecule has 4 heteroatoms. The second-order valence-corrected chi connectivity index (χ2v) is 15.2. The Bertz CT molecular complexity index is 978. The van der Waals surface area contributed by atoms with Crippen LogP contribution in [0.25, 0.3) is 0 Å². The van der Waals surface area contributed by atoms with Gasteiger partial charge < -0.3 is 0 Å². The van der Waals surface area contributed by atoms with Crippen molar-refractivity contribution in [2.75, 3.05) is 0 Å². The van der Waals surface area contributed by atoms with Crippen LogP contribution >= 0.6 is 22.2 Å². The zero-order valence-corrected chi connectivity index (χ0v) is 27.8. The molecule has 0 heterocycles. The zero-order valence-electron chi connectivity index (χ0n) is 21.7. The van der Waals surface area contributed by atoms with Crippen molar-refractivity contribution in [2.45, 2.75) is 55.4 Å². The summed E-state index contributed by atoms with van der Waals surface area (Å²) in [4.78, 5) is 0. The molecule has 0 fully saturated rings. The Hall–Kier alpha value is -0.933. The van der Waals surface area contributed by atoms with Crippen molar-refractivity contribution >= 4 is 39.2 Å². The van der Waals surface area contributed by atoms with E-state index in [1.165, 1.54) is 33.4 Å². The minimum atomic E-state index is -2.51. The molecule has 2 atom stereocenters. The molecule has 0 spiro atoms. The van der Waals surface area contributed by atoms with Crippen LogP contribution in [0, 0.1) is 24.0 Å². The van der Waals surface area contributed by atoms with E-state index in [9.17, 15) is 0 Å². The van der Waals surface area contributed by atoms with Gasteiger partial charge in [0.2, 0.25) is 0 Å². The van der Waals surface area contributed by atoms with E-state index in [2.05, 4.69) is 67.5 Å². The quantitative estimate of drug-likeness (QED) is 0.172. The summed E-state index contributed by atoms with van der Waals surface area (Å²) in [6.07, 6.45) is 6.72. The number of hydrogen-bond acceptors (Lipinski definition) is 0. The van der Waals surface area contributed by atoms with Gasteiger partial charge in [-0.3, -0.25) is 12.2 Å². The summed E-state index contributed by atoms with van der Waals surface area (Å²) in [6, 6.07) is 19.7. The van der Waals surface area contributed by atoms with Crippen LogP contribution in [0.15, 0.2) is 94.1 Å². The van der Waals surface area contributed by atoms with E-state index in [0.717, 1.165) is 10.4 Å². The van der Waals surface area contributed by atoms with Crippen molar-refractivity contribution < 1.29 is 25.8 Å². The van der Waals surface area contributed by atoms with Gasteiger partial charge in [0.05, 0.1) is 0 Å². The Balaban J connectivity index is 0.000000266. The van der Waals surface area contributed by atoms with E-state index < -0.39 is 6.69 Å². The fraction of sp³-hybridized carbons (Fsp3) is 0.333. The van der Waals surface area contributed by atoms with Crippen LogP contribution < -0.4 is 10.4 Å². The predicted molar refractivity (Wildman–Crippen MR) is 150 cm³/mol. The van der Waals surface area contributed by atoms with E-state index in [0.29, 0.717) is 11.8 Å². The predicted octanol–water partition coefficient (Wildman–Crippen LogP) is 8.16. The summed E-state index contributed by atoms with van der Waals surface area (Å²) in [5.74, 6) is 1.12. The van der Waals surface area contributed by atoms with E-state index in [1.54, 1.807) is 0 Å². The van der Waals surface area contributed by atoms with E-state index in [4.69, 9.17) is 22.2 Å². The van der Waals surface area contributed by atoms with Gasteiger partial charge in [-0.15, -0.1) is 36.0 Å². The van der Waals surface area contributed by atoms with Crippen molar-refractivity contribution in [3.63, 3.8) is 0 Å². The van der Waals surface area contributed by atoms with Crippen LogP contribution in [-0.2, 0) is 25.8 Å². The van der Waals surface area contributed by atoms with Crippen LogP contribution in [0.1, 0.15) is 55.4 Å². The minimum absolute atomic E-state index is 0. The molecule has 34 heavy (non-hydrogen) atoms. The Labute approximate surface area is 237 Å². The first-order valence-electron chi connectivity index (χ1n) is 11.5. The molecule has 0 nitrogen and oxygen atoms in total. The molecule has 2 aromatic rings. The van der Waals surface area contributed by atoms with Gasteiger partial charge in [0.15, 0.2) is 0 Å². The molecule has 0 aliphatic heterocycles. The molecular formula is C30H36Cl2HfSi-2. The molecule has 0 aromatic heterocycles. The van der Waals surface area contributed by atoms with Gasteiger partial charge in [0.1, 0.15) is 0 Å².